The van der Waals surface area contributed by atoms with E-state index in [1.54, 1.807) is 0 Å². The van der Waals surface area contributed by atoms with E-state index in [4.69, 9.17) is 5.73 Å². The molecule has 4 N–H and O–H groups in total. The summed E-state index contributed by atoms with van der Waals surface area (Å²) in [7, 11) is 3.80. The Labute approximate surface area is 73.0 Å². The second kappa shape index (κ2) is 3.97. The van der Waals surface area contributed by atoms with Gasteiger partial charge in [0, 0.05) is 20.6 Å². The summed E-state index contributed by atoms with van der Waals surface area (Å²) in [4.78, 5) is 0. The Balaban J connectivity index is 3.02. The summed E-state index contributed by atoms with van der Waals surface area (Å²) in [6.45, 7) is 0.582. The van der Waals surface area contributed by atoms with E-state index in [2.05, 4.69) is 10.6 Å². The van der Waals surface area contributed by atoms with Crippen LogP contribution < -0.4 is 16.4 Å². The van der Waals surface area contributed by atoms with Gasteiger partial charge in [-0.25, -0.2) is 0 Å². The van der Waals surface area contributed by atoms with Crippen molar-refractivity contribution in [3.8, 4) is 0 Å². The van der Waals surface area contributed by atoms with Crippen molar-refractivity contribution in [1.82, 2.24) is 0 Å². The van der Waals surface area contributed by atoms with Crippen molar-refractivity contribution < 1.29 is 0 Å². The van der Waals surface area contributed by atoms with Crippen LogP contribution in [0.2, 0.25) is 0 Å². The summed E-state index contributed by atoms with van der Waals surface area (Å²) in [6, 6.07) is 6.09. The summed E-state index contributed by atoms with van der Waals surface area (Å²) in [5.41, 5.74) is 8.83. The van der Waals surface area contributed by atoms with E-state index in [-0.39, 0.29) is 0 Å². The first-order chi connectivity index (χ1) is 5.81. The Morgan fingerprint density at radius 3 is 2.33 bits per heavy atom. The second-order valence-corrected chi connectivity index (χ2v) is 2.58. The molecule has 0 amide bonds. The topological polar surface area (TPSA) is 50.1 Å². The molecule has 3 heteroatoms. The van der Waals surface area contributed by atoms with E-state index in [0.29, 0.717) is 6.54 Å². The molecular formula is C9H15N3. The number of hydrogen-bond acceptors (Lipinski definition) is 3. The normalized spacial score (nSPS) is 9.58. The van der Waals surface area contributed by atoms with Gasteiger partial charge in [-0.3, -0.25) is 0 Å². The van der Waals surface area contributed by atoms with Crippen molar-refractivity contribution in [2.45, 2.75) is 6.54 Å². The molecule has 0 radical (unpaired) electrons. The molecule has 0 saturated carbocycles. The van der Waals surface area contributed by atoms with Gasteiger partial charge in [0.2, 0.25) is 0 Å². The van der Waals surface area contributed by atoms with Crippen LogP contribution in [-0.4, -0.2) is 14.1 Å². The van der Waals surface area contributed by atoms with Gasteiger partial charge >= 0.3 is 0 Å². The van der Waals surface area contributed by atoms with Gasteiger partial charge in [-0.1, -0.05) is 6.07 Å². The monoisotopic (exact) mass is 165 g/mol. The van der Waals surface area contributed by atoms with Crippen LogP contribution in [0.4, 0.5) is 11.4 Å². The predicted octanol–water partition coefficient (Wildman–Crippen LogP) is 1.23. The second-order valence-electron chi connectivity index (χ2n) is 2.58. The van der Waals surface area contributed by atoms with E-state index in [1.807, 2.05) is 32.3 Å². The highest BCUT2D eigenvalue weighted by atomic mass is 14.9. The van der Waals surface area contributed by atoms with Crippen molar-refractivity contribution in [2.75, 3.05) is 24.7 Å². The lowest BCUT2D eigenvalue weighted by atomic mass is 10.1. The van der Waals surface area contributed by atoms with Gasteiger partial charge in [0.15, 0.2) is 0 Å². The highest BCUT2D eigenvalue weighted by molar-refractivity contribution is 5.69. The maximum atomic E-state index is 5.52. The minimum Gasteiger partial charge on any atom is -0.386 e. The fourth-order valence-electron chi connectivity index (χ4n) is 1.14. The van der Waals surface area contributed by atoms with E-state index < -0.39 is 0 Å². The quantitative estimate of drug-likeness (QED) is 0.631. The maximum Gasteiger partial charge on any atom is 0.0576 e. The third kappa shape index (κ3) is 1.68. The van der Waals surface area contributed by atoms with Gasteiger partial charge < -0.3 is 16.4 Å². The van der Waals surface area contributed by atoms with Crippen molar-refractivity contribution in [1.29, 1.82) is 0 Å². The molecule has 0 bridgehead atoms. The van der Waals surface area contributed by atoms with Gasteiger partial charge in [-0.05, 0) is 17.7 Å². The first-order valence-electron chi connectivity index (χ1n) is 4.00. The van der Waals surface area contributed by atoms with E-state index in [9.17, 15) is 0 Å². The fourth-order valence-corrected chi connectivity index (χ4v) is 1.14. The molecule has 0 unspecified atom stereocenters. The first kappa shape index (κ1) is 8.87. The summed E-state index contributed by atoms with van der Waals surface area (Å²) >= 11 is 0. The van der Waals surface area contributed by atoms with Crippen LogP contribution in [0.1, 0.15) is 5.56 Å². The third-order valence-electron chi connectivity index (χ3n) is 1.86. The van der Waals surface area contributed by atoms with Crippen LogP contribution in [0.15, 0.2) is 18.2 Å². The van der Waals surface area contributed by atoms with Gasteiger partial charge in [-0.15, -0.1) is 0 Å². The average molecular weight is 165 g/mol. The third-order valence-corrected chi connectivity index (χ3v) is 1.86. The van der Waals surface area contributed by atoms with Crippen molar-refractivity contribution in [3.05, 3.63) is 23.8 Å². The Morgan fingerprint density at radius 2 is 1.83 bits per heavy atom. The molecule has 1 aromatic carbocycles. The van der Waals surface area contributed by atoms with Crippen LogP contribution in [0.3, 0.4) is 0 Å². The first-order valence-corrected chi connectivity index (χ1v) is 4.00. The molecule has 0 fully saturated rings. The van der Waals surface area contributed by atoms with Crippen molar-refractivity contribution in [3.63, 3.8) is 0 Å². The van der Waals surface area contributed by atoms with Gasteiger partial charge in [0.05, 0.1) is 11.4 Å². The SMILES string of the molecule is CNc1ccc(CN)cc1NC. The zero-order valence-electron chi connectivity index (χ0n) is 7.52. The molecule has 12 heavy (non-hydrogen) atoms. The highest BCUT2D eigenvalue weighted by Gasteiger charge is 1.98. The number of hydrogen-bond donors (Lipinski definition) is 3. The molecule has 0 heterocycles. The zero-order valence-corrected chi connectivity index (χ0v) is 7.52. The lowest BCUT2D eigenvalue weighted by Gasteiger charge is -2.09. The summed E-state index contributed by atoms with van der Waals surface area (Å²) in [6.07, 6.45) is 0. The maximum absolute atomic E-state index is 5.52. The molecule has 3 nitrogen and oxygen atoms in total. The summed E-state index contributed by atoms with van der Waals surface area (Å²) < 4.78 is 0. The number of benzene rings is 1. The van der Waals surface area contributed by atoms with E-state index >= 15 is 0 Å². The predicted molar refractivity (Wildman–Crippen MR) is 53.4 cm³/mol. The number of anilines is 2. The number of nitrogens with two attached hydrogens (primary N) is 1. The molecule has 0 atom stereocenters. The van der Waals surface area contributed by atoms with Gasteiger partial charge in [-0.2, -0.15) is 0 Å². The van der Waals surface area contributed by atoms with Crippen LogP contribution in [0, 0.1) is 0 Å². The molecule has 1 aromatic rings. The lowest BCUT2D eigenvalue weighted by molar-refractivity contribution is 1.07. The molecule has 0 aliphatic carbocycles. The van der Waals surface area contributed by atoms with Crippen LogP contribution in [0.25, 0.3) is 0 Å². The highest BCUT2D eigenvalue weighted by Crippen LogP contribution is 2.21. The Hall–Kier alpha value is -1.22. The number of nitrogens with one attached hydrogen (secondary N) is 2. The fraction of sp³-hybridized carbons (Fsp3) is 0.333. The van der Waals surface area contributed by atoms with Gasteiger partial charge in [0.1, 0.15) is 0 Å². The van der Waals surface area contributed by atoms with Crippen LogP contribution in [0.5, 0.6) is 0 Å². The Morgan fingerprint density at radius 1 is 1.17 bits per heavy atom. The summed E-state index contributed by atoms with van der Waals surface area (Å²) in [5, 5.41) is 6.20. The Kier molecular flexibility index (Phi) is 2.94. The molecule has 1 rings (SSSR count). The van der Waals surface area contributed by atoms with E-state index in [1.165, 1.54) is 0 Å². The minimum atomic E-state index is 0.582. The molecule has 0 saturated heterocycles. The molecule has 66 valence electrons. The lowest BCUT2D eigenvalue weighted by Crippen LogP contribution is -2.00. The van der Waals surface area contributed by atoms with Crippen molar-refractivity contribution in [2.24, 2.45) is 5.73 Å². The smallest absolute Gasteiger partial charge is 0.0576 e. The van der Waals surface area contributed by atoms with Crippen LogP contribution >= 0.6 is 0 Å². The molecular weight excluding hydrogens is 150 g/mol. The molecule has 0 aliphatic rings. The van der Waals surface area contributed by atoms with E-state index in [0.717, 1.165) is 16.9 Å². The molecule has 0 aromatic heterocycles. The molecule has 0 aliphatic heterocycles. The van der Waals surface area contributed by atoms with Crippen molar-refractivity contribution >= 4 is 11.4 Å². The summed E-state index contributed by atoms with van der Waals surface area (Å²) in [5.74, 6) is 0. The minimum absolute atomic E-state index is 0.582. The Bertz CT molecular complexity index is 258. The number of rotatable bonds is 3. The molecule has 0 spiro atoms. The van der Waals surface area contributed by atoms with Crippen LogP contribution in [-0.2, 0) is 6.54 Å². The largest absolute Gasteiger partial charge is 0.386 e. The standard InChI is InChI=1S/C9H15N3/c1-11-8-4-3-7(6-10)5-9(8)12-2/h3-5,11-12H,6,10H2,1-2H3. The zero-order chi connectivity index (χ0) is 8.97. The average Bonchev–Trinajstić information content (AvgIpc) is 2.16. The van der Waals surface area contributed by atoms with Gasteiger partial charge in [0.25, 0.3) is 0 Å².